The topological polar surface area (TPSA) is 47.3 Å². The van der Waals surface area contributed by atoms with Crippen LogP contribution in [0.15, 0.2) is 0 Å². The lowest BCUT2D eigenvalue weighted by Gasteiger charge is -2.61. The van der Waals surface area contributed by atoms with E-state index >= 15 is 0 Å². The molecule has 0 unspecified atom stereocenters. The minimum absolute atomic E-state index is 0.0180. The summed E-state index contributed by atoms with van der Waals surface area (Å²) in [6, 6.07) is 0.468. The molecule has 30 heavy (non-hydrogen) atoms. The first-order valence-corrected chi connectivity index (χ1v) is 13.5. The Labute approximate surface area is 184 Å². The number of nitrogens with one attached hydrogen (secondary N) is 1. The van der Waals surface area contributed by atoms with E-state index in [9.17, 15) is 0 Å². The molecule has 3 heteroatoms. The van der Waals surface area contributed by atoms with Gasteiger partial charge in [-0.05, 0) is 111 Å². The van der Waals surface area contributed by atoms with Crippen LogP contribution in [0.1, 0.15) is 91.9 Å². The van der Waals surface area contributed by atoms with Crippen molar-refractivity contribution in [2.75, 3.05) is 6.54 Å². The SMILES string of the molecule is C[C@@H]1CC[C@@]2(NC1)O[C@H]1C[C@H]3[C@@H]4CC[C@H]5C[C@H](N)CC[C@]5(C)[C@H]4CC[C@]3(C)[C@H]1[C@@H]2C. The smallest absolute Gasteiger partial charge is 0.122 e. The van der Waals surface area contributed by atoms with Gasteiger partial charge in [-0.3, -0.25) is 5.32 Å². The quantitative estimate of drug-likeness (QED) is 0.563. The molecule has 0 aromatic rings. The van der Waals surface area contributed by atoms with Crippen molar-refractivity contribution in [3.63, 3.8) is 0 Å². The van der Waals surface area contributed by atoms with Crippen LogP contribution >= 0.6 is 0 Å². The third-order valence-corrected chi connectivity index (χ3v) is 12.2. The summed E-state index contributed by atoms with van der Waals surface area (Å²) in [6.07, 6.45) is 14.1. The Bertz CT molecular complexity index is 686. The third-order valence-electron chi connectivity index (χ3n) is 12.2. The fourth-order valence-electron chi connectivity index (χ4n) is 10.5. The van der Waals surface area contributed by atoms with E-state index < -0.39 is 0 Å². The van der Waals surface area contributed by atoms with E-state index in [1.54, 1.807) is 0 Å². The van der Waals surface area contributed by atoms with Crippen molar-refractivity contribution < 1.29 is 4.74 Å². The van der Waals surface area contributed by atoms with Crippen LogP contribution in [0.25, 0.3) is 0 Å². The highest BCUT2D eigenvalue weighted by Gasteiger charge is 2.68. The third kappa shape index (κ3) is 2.61. The minimum Gasteiger partial charge on any atom is -0.357 e. The van der Waals surface area contributed by atoms with Crippen LogP contribution < -0.4 is 11.1 Å². The lowest BCUT2D eigenvalue weighted by molar-refractivity contribution is -0.133. The summed E-state index contributed by atoms with van der Waals surface area (Å²) in [6.45, 7) is 11.4. The van der Waals surface area contributed by atoms with Gasteiger partial charge in [0, 0.05) is 18.5 Å². The second-order valence-electron chi connectivity index (χ2n) is 13.4. The average molecular weight is 415 g/mol. The molecule has 12 atom stereocenters. The molecule has 0 bridgehead atoms. The number of ether oxygens (including phenoxy) is 1. The van der Waals surface area contributed by atoms with Crippen molar-refractivity contribution >= 4 is 0 Å². The number of hydrogen-bond donors (Lipinski definition) is 2. The first-order valence-electron chi connectivity index (χ1n) is 13.5. The molecule has 0 aromatic heterocycles. The second kappa shape index (κ2) is 6.70. The standard InChI is InChI=1S/C27H46N2O/c1-16-7-12-27(29-15-16)17(2)24-23(30-27)14-22-20-6-5-18-13-19(28)8-10-25(18,3)21(20)9-11-26(22,24)4/h16-24,29H,5-15,28H2,1-4H3/t16-,17+,18+,19-,20-,21+,22+,23+,24+,25+,26+,27-/m1/s1. The summed E-state index contributed by atoms with van der Waals surface area (Å²) in [5, 5.41) is 3.90. The maximum atomic E-state index is 7.03. The summed E-state index contributed by atoms with van der Waals surface area (Å²) in [4.78, 5) is 0. The zero-order valence-corrected chi connectivity index (χ0v) is 20.0. The van der Waals surface area contributed by atoms with Crippen molar-refractivity contribution in [3.8, 4) is 0 Å². The molecule has 2 saturated heterocycles. The molecule has 3 nitrogen and oxygen atoms in total. The van der Waals surface area contributed by atoms with Crippen LogP contribution in [0.5, 0.6) is 0 Å². The number of rotatable bonds is 0. The van der Waals surface area contributed by atoms with Gasteiger partial charge in [0.1, 0.15) is 5.72 Å². The predicted molar refractivity (Wildman–Crippen MR) is 122 cm³/mol. The second-order valence-corrected chi connectivity index (χ2v) is 13.4. The van der Waals surface area contributed by atoms with Crippen molar-refractivity contribution in [1.82, 2.24) is 5.32 Å². The van der Waals surface area contributed by atoms with E-state index in [2.05, 4.69) is 33.0 Å². The summed E-state index contributed by atoms with van der Waals surface area (Å²) >= 11 is 0. The molecule has 6 aliphatic rings. The molecule has 0 amide bonds. The summed E-state index contributed by atoms with van der Waals surface area (Å²) in [5.74, 6) is 5.87. The average Bonchev–Trinajstić information content (AvgIpc) is 3.16. The van der Waals surface area contributed by atoms with Gasteiger partial charge in [-0.25, -0.2) is 0 Å². The normalized spacial score (nSPS) is 62.5. The van der Waals surface area contributed by atoms with E-state index in [4.69, 9.17) is 10.5 Å². The highest BCUT2D eigenvalue weighted by Crippen LogP contribution is 2.70. The summed E-state index contributed by atoms with van der Waals surface area (Å²) in [7, 11) is 0. The summed E-state index contributed by atoms with van der Waals surface area (Å²) in [5.41, 5.74) is 7.44. The van der Waals surface area contributed by atoms with Gasteiger partial charge in [0.2, 0.25) is 0 Å². The minimum atomic E-state index is -0.0180. The maximum absolute atomic E-state index is 7.03. The van der Waals surface area contributed by atoms with Crippen molar-refractivity contribution in [1.29, 1.82) is 0 Å². The molecule has 4 aliphatic carbocycles. The van der Waals surface area contributed by atoms with Crippen molar-refractivity contribution in [3.05, 3.63) is 0 Å². The van der Waals surface area contributed by atoms with Crippen LogP contribution in [0, 0.1) is 52.3 Å². The van der Waals surface area contributed by atoms with Gasteiger partial charge in [-0.15, -0.1) is 0 Å². The number of piperidine rings is 1. The van der Waals surface area contributed by atoms with Crippen LogP contribution in [0.3, 0.4) is 0 Å². The van der Waals surface area contributed by atoms with Crippen LogP contribution in [0.4, 0.5) is 0 Å². The molecule has 170 valence electrons. The Morgan fingerprint density at radius 3 is 2.43 bits per heavy atom. The number of nitrogens with two attached hydrogens (primary N) is 1. The first-order chi connectivity index (χ1) is 14.3. The fourth-order valence-corrected chi connectivity index (χ4v) is 10.5. The molecular formula is C27H46N2O. The van der Waals surface area contributed by atoms with E-state index in [-0.39, 0.29) is 5.72 Å². The zero-order valence-electron chi connectivity index (χ0n) is 20.0. The Morgan fingerprint density at radius 2 is 1.67 bits per heavy atom. The highest BCUT2D eigenvalue weighted by atomic mass is 16.5. The molecule has 2 heterocycles. The van der Waals surface area contributed by atoms with E-state index in [1.807, 2.05) is 0 Å². The number of fused-ring (bicyclic) bond motifs is 7. The maximum Gasteiger partial charge on any atom is 0.122 e. The van der Waals surface area contributed by atoms with Gasteiger partial charge in [-0.1, -0.05) is 27.7 Å². The highest BCUT2D eigenvalue weighted by molar-refractivity contribution is 5.16. The monoisotopic (exact) mass is 414 g/mol. The molecule has 6 rings (SSSR count). The lowest BCUT2D eigenvalue weighted by Crippen LogP contribution is -2.57. The van der Waals surface area contributed by atoms with Crippen LogP contribution in [-0.4, -0.2) is 24.4 Å². The first kappa shape index (κ1) is 20.5. The van der Waals surface area contributed by atoms with E-state index in [1.165, 1.54) is 64.2 Å². The van der Waals surface area contributed by atoms with Gasteiger partial charge in [0.15, 0.2) is 0 Å². The Kier molecular flexibility index (Phi) is 4.58. The fraction of sp³-hybridized carbons (Fsp3) is 1.00. The predicted octanol–water partition coefficient (Wildman–Crippen LogP) is 5.33. The van der Waals surface area contributed by atoms with E-state index in [0.717, 1.165) is 42.1 Å². The molecule has 0 radical (unpaired) electrons. The van der Waals surface area contributed by atoms with Gasteiger partial charge < -0.3 is 10.5 Å². The van der Waals surface area contributed by atoms with Crippen molar-refractivity contribution in [2.24, 2.45) is 58.0 Å². The molecule has 1 spiro atoms. The Hall–Kier alpha value is -0.120. The van der Waals surface area contributed by atoms with Gasteiger partial charge >= 0.3 is 0 Å². The largest absolute Gasteiger partial charge is 0.357 e. The van der Waals surface area contributed by atoms with Crippen LogP contribution in [-0.2, 0) is 4.74 Å². The summed E-state index contributed by atoms with van der Waals surface area (Å²) < 4.78 is 7.03. The van der Waals surface area contributed by atoms with Crippen LogP contribution in [0.2, 0.25) is 0 Å². The molecule has 0 aromatic carbocycles. The lowest BCUT2D eigenvalue weighted by atomic mass is 9.44. The Balaban J connectivity index is 1.26. The zero-order chi connectivity index (χ0) is 20.9. The van der Waals surface area contributed by atoms with Crippen molar-refractivity contribution in [2.45, 2.75) is 110 Å². The molecule has 6 fully saturated rings. The Morgan fingerprint density at radius 1 is 0.867 bits per heavy atom. The van der Waals surface area contributed by atoms with Gasteiger partial charge in [0.25, 0.3) is 0 Å². The number of hydrogen-bond acceptors (Lipinski definition) is 3. The molecule has 4 saturated carbocycles. The van der Waals surface area contributed by atoms with Gasteiger partial charge in [-0.2, -0.15) is 0 Å². The molecule has 3 N–H and O–H groups in total. The van der Waals surface area contributed by atoms with Gasteiger partial charge in [0.05, 0.1) is 6.10 Å². The molecule has 2 aliphatic heterocycles. The molecular weight excluding hydrogens is 368 g/mol. The van der Waals surface area contributed by atoms with E-state index in [0.29, 0.717) is 28.9 Å².